The number of halogens is 2. The van der Waals surface area contributed by atoms with Crippen molar-refractivity contribution in [1.82, 2.24) is 20.4 Å². The van der Waals surface area contributed by atoms with Crippen LogP contribution in [0.3, 0.4) is 0 Å². The van der Waals surface area contributed by atoms with E-state index in [4.69, 9.17) is 15.0 Å². The smallest absolute Gasteiger partial charge is 0.243 e. The first-order chi connectivity index (χ1) is 20.7. The topological polar surface area (TPSA) is 144 Å². The Hall–Kier alpha value is -2.70. The second-order valence-electron chi connectivity index (χ2n) is 11.7. The molecule has 0 bridgehead atoms. The molecule has 2 amide bonds. The van der Waals surface area contributed by atoms with Gasteiger partial charge in [0.15, 0.2) is 0 Å². The van der Waals surface area contributed by atoms with Crippen LogP contribution in [0.25, 0.3) is 10.4 Å². The van der Waals surface area contributed by atoms with Crippen molar-refractivity contribution in [3.8, 4) is 16.2 Å². The third-order valence-electron chi connectivity index (χ3n) is 7.88. The number of carbonyl (C=O) groups excluding carboxylic acids is 2. The van der Waals surface area contributed by atoms with Crippen molar-refractivity contribution in [3.63, 3.8) is 0 Å². The number of aromatic nitrogens is 2. The number of hydrogen-bond acceptors (Lipinski definition) is 9. The van der Waals surface area contributed by atoms with Crippen molar-refractivity contribution in [2.24, 2.45) is 11.7 Å². The molecule has 3 heterocycles. The average Bonchev–Trinajstić information content (AvgIpc) is 3.71. The van der Waals surface area contributed by atoms with E-state index in [0.29, 0.717) is 23.8 Å². The zero-order valence-electron chi connectivity index (χ0n) is 26.5. The van der Waals surface area contributed by atoms with Gasteiger partial charge in [0.05, 0.1) is 34.5 Å². The number of likely N-dealkylation sites (tertiary alicyclic amines) is 1. The van der Waals surface area contributed by atoms with E-state index < -0.39 is 18.1 Å². The molecule has 13 heteroatoms. The zero-order valence-corrected chi connectivity index (χ0v) is 28.9. The Balaban J connectivity index is 0.00000353. The van der Waals surface area contributed by atoms with Crippen LogP contribution in [-0.2, 0) is 16.1 Å². The maximum atomic E-state index is 13.7. The van der Waals surface area contributed by atoms with Crippen LogP contribution in [0.4, 0.5) is 0 Å². The third kappa shape index (κ3) is 10.1. The minimum Gasteiger partial charge on any atom is -0.493 e. The first-order valence-electron chi connectivity index (χ1n) is 15.2. The summed E-state index contributed by atoms with van der Waals surface area (Å²) < 4.78 is 11.7. The van der Waals surface area contributed by atoms with Crippen molar-refractivity contribution in [2.75, 3.05) is 19.7 Å². The Kier molecular flexibility index (Phi) is 15.8. The van der Waals surface area contributed by atoms with E-state index in [-0.39, 0.29) is 62.1 Å². The van der Waals surface area contributed by atoms with Crippen molar-refractivity contribution < 1.29 is 24.0 Å². The van der Waals surface area contributed by atoms with Gasteiger partial charge in [0.1, 0.15) is 23.5 Å². The zero-order chi connectivity index (χ0) is 30.9. The lowest BCUT2D eigenvalue weighted by Crippen LogP contribution is -2.48. The fourth-order valence-electron chi connectivity index (χ4n) is 5.56. The molecule has 1 unspecified atom stereocenters. The number of unbranched alkanes of at least 4 members (excludes halogenated alkanes) is 4. The Bertz CT molecular complexity index is 1370. The molecule has 0 saturated carbocycles. The lowest BCUT2D eigenvalue weighted by atomic mass is 9.91. The quantitative estimate of drug-likeness (QED) is 0.177. The fourth-order valence-corrected chi connectivity index (χ4v) is 6.37. The van der Waals surface area contributed by atoms with E-state index in [2.05, 4.69) is 15.5 Å². The van der Waals surface area contributed by atoms with Crippen LogP contribution in [0.1, 0.15) is 81.0 Å². The molecule has 3 atom stereocenters. The molecular weight excluding hydrogens is 637 g/mol. The van der Waals surface area contributed by atoms with Gasteiger partial charge in [-0.1, -0.05) is 50.4 Å². The summed E-state index contributed by atoms with van der Waals surface area (Å²) in [4.78, 5) is 34.2. The summed E-state index contributed by atoms with van der Waals surface area (Å²) in [7, 11) is 0. The van der Waals surface area contributed by atoms with E-state index in [1.165, 1.54) is 4.90 Å². The largest absolute Gasteiger partial charge is 0.493 e. The van der Waals surface area contributed by atoms with Gasteiger partial charge < -0.3 is 30.3 Å². The highest BCUT2D eigenvalue weighted by molar-refractivity contribution is 7.13. The second kappa shape index (κ2) is 18.4. The van der Waals surface area contributed by atoms with Gasteiger partial charge in [0.25, 0.3) is 0 Å². The molecule has 0 radical (unpaired) electrons. The van der Waals surface area contributed by atoms with Crippen LogP contribution < -0.4 is 15.8 Å². The lowest BCUT2D eigenvalue weighted by Gasteiger charge is -2.28. The van der Waals surface area contributed by atoms with E-state index in [1.54, 1.807) is 24.3 Å². The molecule has 3 aromatic rings. The van der Waals surface area contributed by atoms with Crippen LogP contribution >= 0.6 is 36.2 Å². The molecule has 250 valence electrons. The van der Waals surface area contributed by atoms with Gasteiger partial charge in [0.2, 0.25) is 11.8 Å². The van der Waals surface area contributed by atoms with Gasteiger partial charge in [-0.15, -0.1) is 36.2 Å². The summed E-state index contributed by atoms with van der Waals surface area (Å²) in [5.41, 5.74) is 10.9. The summed E-state index contributed by atoms with van der Waals surface area (Å²) >= 11 is 1.58. The van der Waals surface area contributed by atoms with Gasteiger partial charge in [-0.3, -0.25) is 9.59 Å². The molecule has 1 aliphatic rings. The van der Waals surface area contributed by atoms with Crippen molar-refractivity contribution in [1.29, 1.82) is 0 Å². The maximum Gasteiger partial charge on any atom is 0.243 e. The highest BCUT2D eigenvalue weighted by Crippen LogP contribution is 2.33. The molecule has 1 saturated heterocycles. The monoisotopic (exact) mass is 683 g/mol. The first-order valence-corrected chi connectivity index (χ1v) is 16.1. The highest BCUT2D eigenvalue weighted by atomic mass is 35.5. The molecule has 10 nitrogen and oxygen atoms in total. The number of nitrogens with zero attached hydrogens (tertiary/aromatic N) is 3. The number of amides is 2. The van der Waals surface area contributed by atoms with Crippen LogP contribution in [-0.4, -0.2) is 63.8 Å². The first kappa shape index (κ1) is 38.5. The van der Waals surface area contributed by atoms with Gasteiger partial charge in [0, 0.05) is 31.1 Å². The molecule has 1 aliphatic heterocycles. The number of aryl methyl sites for hydroxylation is 2. The van der Waals surface area contributed by atoms with Gasteiger partial charge in [-0.05, 0) is 50.8 Å². The number of ether oxygens (including phenoxy) is 1. The second-order valence-corrected chi connectivity index (χ2v) is 12.6. The summed E-state index contributed by atoms with van der Waals surface area (Å²) in [6.07, 6.45) is 4.68. The maximum absolute atomic E-state index is 13.7. The standard InChI is InChI=1S/C32H45N5O5S.2ClH/c1-20(2)29(28-14-21(3)36-42-28)32(40)37-18-25(38)16-26(37)31(39)34-17-24-11-10-23(30-22(4)35-19-43-30)15-27(24)41-13-9-7-5-6-8-12-33;;/h10-11,14-15,19-20,25-26,29,38H,5-9,12-13,16-18,33H2,1-4H3,(H,34,39);2*1H/t25-,26+,29?;;/m1../s1. The number of hydrogen-bond donors (Lipinski definition) is 3. The molecule has 1 fully saturated rings. The van der Waals surface area contributed by atoms with E-state index in [9.17, 15) is 14.7 Å². The SMILES string of the molecule is Cc1cc(C(C(=O)N2C[C@H](O)C[C@H]2C(=O)NCc2ccc(-c3scnc3C)cc2OCCCCCCCN)C(C)C)on1.Cl.Cl. The minimum absolute atomic E-state index is 0. The Morgan fingerprint density at radius 1 is 1.16 bits per heavy atom. The van der Waals surface area contributed by atoms with Crippen LogP contribution in [0.2, 0.25) is 0 Å². The van der Waals surface area contributed by atoms with E-state index in [1.807, 2.05) is 44.5 Å². The number of nitrogens with one attached hydrogen (secondary N) is 1. The molecule has 0 aliphatic carbocycles. The number of aliphatic hydroxyl groups is 1. The average molecular weight is 685 g/mol. The van der Waals surface area contributed by atoms with E-state index in [0.717, 1.165) is 60.3 Å². The number of β-amino-alcohol motifs (C(OH)–C–C–N with tert-alkyl or cyclic N) is 1. The predicted octanol–water partition coefficient (Wildman–Crippen LogP) is 5.56. The van der Waals surface area contributed by atoms with Gasteiger partial charge in [-0.25, -0.2) is 4.98 Å². The molecule has 4 N–H and O–H groups in total. The summed E-state index contributed by atoms with van der Waals surface area (Å²) in [5.74, 6) is -0.0535. The predicted molar refractivity (Wildman–Crippen MR) is 181 cm³/mol. The van der Waals surface area contributed by atoms with Crippen LogP contribution in [0.15, 0.2) is 34.3 Å². The summed E-state index contributed by atoms with van der Waals surface area (Å²) in [6, 6.07) is 6.97. The van der Waals surface area contributed by atoms with Crippen LogP contribution in [0.5, 0.6) is 5.75 Å². The molecule has 1 aromatic carbocycles. The highest BCUT2D eigenvalue weighted by Gasteiger charge is 2.43. The Morgan fingerprint density at radius 2 is 1.89 bits per heavy atom. The number of benzene rings is 1. The number of rotatable bonds is 15. The molecular formula is C32H47Cl2N5O5S. The molecule has 0 spiro atoms. The summed E-state index contributed by atoms with van der Waals surface area (Å²) in [5, 5.41) is 17.4. The number of thiazole rings is 1. The number of nitrogens with two attached hydrogens (primary N) is 1. The summed E-state index contributed by atoms with van der Waals surface area (Å²) in [6.45, 7) is 9.27. The van der Waals surface area contributed by atoms with Crippen molar-refractivity contribution in [2.45, 2.75) is 90.8 Å². The third-order valence-corrected chi connectivity index (χ3v) is 8.86. The van der Waals surface area contributed by atoms with Crippen molar-refractivity contribution >= 4 is 48.0 Å². The lowest BCUT2D eigenvalue weighted by molar-refractivity contribution is -0.141. The van der Waals surface area contributed by atoms with E-state index >= 15 is 0 Å². The number of aliphatic hydroxyl groups excluding tert-OH is 1. The van der Waals surface area contributed by atoms with Crippen molar-refractivity contribution in [3.05, 3.63) is 52.5 Å². The molecule has 2 aromatic heterocycles. The molecule has 4 rings (SSSR count). The molecule has 45 heavy (non-hydrogen) atoms. The Morgan fingerprint density at radius 3 is 2.53 bits per heavy atom. The minimum atomic E-state index is -0.787. The Labute approximate surface area is 282 Å². The fraction of sp³-hybridized carbons (Fsp3) is 0.562. The van der Waals surface area contributed by atoms with Crippen LogP contribution in [0, 0.1) is 19.8 Å². The number of carbonyl (C=O) groups is 2. The normalized spacial score (nSPS) is 16.6. The van der Waals surface area contributed by atoms with Gasteiger partial charge >= 0.3 is 0 Å². The van der Waals surface area contributed by atoms with Gasteiger partial charge in [-0.2, -0.15) is 0 Å².